The molecule has 0 unspecified atom stereocenters. The van der Waals surface area contributed by atoms with Crippen LogP contribution in [0.25, 0.3) is 22.9 Å². The summed E-state index contributed by atoms with van der Waals surface area (Å²) in [6.07, 6.45) is 3.70. The summed E-state index contributed by atoms with van der Waals surface area (Å²) in [6.45, 7) is 5.15. The summed E-state index contributed by atoms with van der Waals surface area (Å²) < 4.78 is 11.6. The summed E-state index contributed by atoms with van der Waals surface area (Å²) in [7, 11) is 3.76. The van der Waals surface area contributed by atoms with Gasteiger partial charge in [0, 0.05) is 26.8 Å². The van der Waals surface area contributed by atoms with Crippen molar-refractivity contribution in [3.05, 3.63) is 54.0 Å². The predicted molar refractivity (Wildman–Crippen MR) is 106 cm³/mol. The highest BCUT2D eigenvalue weighted by atomic mass is 16.5. The van der Waals surface area contributed by atoms with E-state index in [9.17, 15) is 0 Å². The molecule has 0 aliphatic rings. The Labute approximate surface area is 163 Å². The van der Waals surface area contributed by atoms with Gasteiger partial charge in [-0.25, -0.2) is 9.67 Å². The Balaban J connectivity index is 1.73. The third-order valence-corrected chi connectivity index (χ3v) is 4.54. The number of ether oxygens (including phenoxy) is 1. The molecule has 0 spiro atoms. The van der Waals surface area contributed by atoms with E-state index in [0.717, 1.165) is 28.3 Å². The summed E-state index contributed by atoms with van der Waals surface area (Å²) in [5.41, 5.74) is 3.63. The molecule has 0 saturated heterocycles. The average molecular weight is 377 g/mol. The molecule has 0 amide bonds. The lowest BCUT2D eigenvalue weighted by atomic mass is 10.2. The zero-order valence-electron chi connectivity index (χ0n) is 16.5. The maximum absolute atomic E-state index is 6.16. The highest BCUT2D eigenvalue weighted by Crippen LogP contribution is 2.33. The second-order valence-corrected chi connectivity index (χ2v) is 6.64. The lowest BCUT2D eigenvalue weighted by Crippen LogP contribution is -2.02. The van der Waals surface area contributed by atoms with Crippen molar-refractivity contribution in [3.8, 4) is 28.7 Å². The number of nitrogens with zero attached hydrogens (tertiary/aromatic N) is 7. The largest absolute Gasteiger partial charge is 0.485 e. The SMILES string of the molecule is CCn1nc(C)c(OCc2ccccc2)c1-c1nc(-c2cnn(C)c2)n(C)n1. The average Bonchev–Trinajstić information content (AvgIpc) is 3.37. The lowest BCUT2D eigenvalue weighted by molar-refractivity contribution is 0.305. The van der Waals surface area contributed by atoms with Crippen LogP contribution in [0.2, 0.25) is 0 Å². The predicted octanol–water partition coefficient (Wildman–Crippen LogP) is 2.99. The molecule has 28 heavy (non-hydrogen) atoms. The van der Waals surface area contributed by atoms with Gasteiger partial charge in [-0.15, -0.1) is 5.10 Å². The molecule has 0 aliphatic carbocycles. The number of aromatic nitrogens is 7. The smallest absolute Gasteiger partial charge is 0.203 e. The van der Waals surface area contributed by atoms with Crippen molar-refractivity contribution in [3.63, 3.8) is 0 Å². The Morgan fingerprint density at radius 3 is 2.54 bits per heavy atom. The Bertz CT molecular complexity index is 1090. The first-order valence-corrected chi connectivity index (χ1v) is 9.21. The van der Waals surface area contributed by atoms with Crippen LogP contribution in [0.4, 0.5) is 0 Å². The second kappa shape index (κ2) is 7.30. The van der Waals surface area contributed by atoms with Crippen LogP contribution in [-0.4, -0.2) is 34.3 Å². The number of aryl methyl sites for hydroxylation is 4. The van der Waals surface area contributed by atoms with Crippen molar-refractivity contribution in [2.45, 2.75) is 27.0 Å². The highest BCUT2D eigenvalue weighted by molar-refractivity contribution is 5.64. The summed E-state index contributed by atoms with van der Waals surface area (Å²) in [4.78, 5) is 4.76. The topological polar surface area (TPSA) is 75.6 Å². The van der Waals surface area contributed by atoms with Gasteiger partial charge in [-0.1, -0.05) is 30.3 Å². The molecular weight excluding hydrogens is 354 g/mol. The Morgan fingerprint density at radius 2 is 1.86 bits per heavy atom. The number of benzene rings is 1. The van der Waals surface area contributed by atoms with Gasteiger partial charge >= 0.3 is 0 Å². The standard InChI is InChI=1S/C20H23N7O/c1-5-27-17(18(14(2)23-27)28-13-15-9-7-6-8-10-15)19-22-20(26(4)24-19)16-11-21-25(3)12-16/h6-12H,5,13H2,1-4H3. The zero-order chi connectivity index (χ0) is 19.7. The molecule has 8 nitrogen and oxygen atoms in total. The van der Waals surface area contributed by atoms with Crippen molar-refractivity contribution in [2.24, 2.45) is 14.1 Å². The highest BCUT2D eigenvalue weighted by Gasteiger charge is 2.23. The van der Waals surface area contributed by atoms with Crippen LogP contribution in [-0.2, 0) is 27.2 Å². The molecule has 0 bridgehead atoms. The molecule has 4 rings (SSSR count). The van der Waals surface area contributed by atoms with E-state index in [4.69, 9.17) is 9.72 Å². The van der Waals surface area contributed by atoms with Gasteiger partial charge < -0.3 is 4.74 Å². The van der Waals surface area contributed by atoms with E-state index in [2.05, 4.69) is 15.3 Å². The minimum atomic E-state index is 0.465. The van der Waals surface area contributed by atoms with Crippen molar-refractivity contribution in [2.75, 3.05) is 0 Å². The third-order valence-electron chi connectivity index (χ3n) is 4.54. The van der Waals surface area contributed by atoms with E-state index in [1.54, 1.807) is 15.6 Å². The van der Waals surface area contributed by atoms with Crippen LogP contribution in [0, 0.1) is 6.92 Å². The fraction of sp³-hybridized carbons (Fsp3) is 0.300. The molecule has 0 fully saturated rings. The number of hydrogen-bond acceptors (Lipinski definition) is 5. The molecule has 144 valence electrons. The van der Waals surface area contributed by atoms with Crippen LogP contribution in [0.15, 0.2) is 42.7 Å². The van der Waals surface area contributed by atoms with Crippen molar-refractivity contribution < 1.29 is 4.74 Å². The number of rotatable bonds is 6. The van der Waals surface area contributed by atoms with E-state index in [1.165, 1.54) is 0 Å². The summed E-state index contributed by atoms with van der Waals surface area (Å²) in [5, 5.41) is 13.5. The van der Waals surface area contributed by atoms with Gasteiger partial charge in [0.05, 0.1) is 11.8 Å². The van der Waals surface area contributed by atoms with Crippen LogP contribution < -0.4 is 4.74 Å². The maximum Gasteiger partial charge on any atom is 0.203 e. The summed E-state index contributed by atoms with van der Waals surface area (Å²) in [6, 6.07) is 10.1. The Hall–Kier alpha value is -3.42. The molecule has 8 heteroatoms. The van der Waals surface area contributed by atoms with Gasteiger partial charge in [-0.05, 0) is 19.4 Å². The Kier molecular flexibility index (Phi) is 4.68. The molecule has 3 heterocycles. The van der Waals surface area contributed by atoms with Crippen LogP contribution >= 0.6 is 0 Å². The van der Waals surface area contributed by atoms with Gasteiger partial charge in [-0.3, -0.25) is 9.36 Å². The van der Waals surface area contributed by atoms with Gasteiger partial charge in [0.1, 0.15) is 18.0 Å². The fourth-order valence-electron chi connectivity index (χ4n) is 3.19. The quantitative estimate of drug-likeness (QED) is 0.516. The second-order valence-electron chi connectivity index (χ2n) is 6.64. The van der Waals surface area contributed by atoms with E-state index >= 15 is 0 Å². The van der Waals surface area contributed by atoms with Gasteiger partial charge in [0.2, 0.25) is 5.82 Å². The summed E-state index contributed by atoms with van der Waals surface area (Å²) in [5.74, 6) is 2.06. The molecule has 0 N–H and O–H groups in total. The monoisotopic (exact) mass is 377 g/mol. The normalized spacial score (nSPS) is 11.1. The maximum atomic E-state index is 6.16. The van der Waals surface area contributed by atoms with Gasteiger partial charge in [0.15, 0.2) is 11.6 Å². The van der Waals surface area contributed by atoms with Gasteiger partial charge in [-0.2, -0.15) is 10.2 Å². The summed E-state index contributed by atoms with van der Waals surface area (Å²) >= 11 is 0. The van der Waals surface area contributed by atoms with Crippen LogP contribution in [0.5, 0.6) is 5.75 Å². The fourth-order valence-corrected chi connectivity index (χ4v) is 3.19. The molecule has 0 atom stereocenters. The zero-order valence-corrected chi connectivity index (χ0v) is 16.5. The lowest BCUT2D eigenvalue weighted by Gasteiger charge is -2.08. The third kappa shape index (κ3) is 3.28. The van der Waals surface area contributed by atoms with Crippen LogP contribution in [0.1, 0.15) is 18.2 Å². The van der Waals surface area contributed by atoms with Crippen molar-refractivity contribution >= 4 is 0 Å². The molecule has 4 aromatic rings. The van der Waals surface area contributed by atoms with Crippen LogP contribution in [0.3, 0.4) is 0 Å². The molecule has 0 aliphatic heterocycles. The van der Waals surface area contributed by atoms with E-state index in [1.807, 2.05) is 69.2 Å². The van der Waals surface area contributed by atoms with E-state index in [0.29, 0.717) is 24.7 Å². The molecule has 3 aromatic heterocycles. The van der Waals surface area contributed by atoms with Crippen molar-refractivity contribution in [1.82, 2.24) is 34.3 Å². The minimum Gasteiger partial charge on any atom is -0.485 e. The molecule has 1 aromatic carbocycles. The van der Waals surface area contributed by atoms with Gasteiger partial charge in [0.25, 0.3) is 0 Å². The first-order valence-electron chi connectivity index (χ1n) is 9.21. The van der Waals surface area contributed by atoms with Crippen molar-refractivity contribution in [1.29, 1.82) is 0 Å². The molecule has 0 saturated carbocycles. The van der Waals surface area contributed by atoms with E-state index < -0.39 is 0 Å². The van der Waals surface area contributed by atoms with E-state index in [-0.39, 0.29) is 0 Å². The first-order chi connectivity index (χ1) is 13.6. The molecule has 0 radical (unpaired) electrons. The first kappa shape index (κ1) is 18.0. The number of hydrogen-bond donors (Lipinski definition) is 0. The molecular formula is C20H23N7O. The minimum absolute atomic E-state index is 0.465. The Morgan fingerprint density at radius 1 is 1.07 bits per heavy atom.